The summed E-state index contributed by atoms with van der Waals surface area (Å²) in [5.74, 6) is 1.05. The molecule has 8 heteroatoms. The minimum atomic E-state index is 0. The van der Waals surface area contributed by atoms with Gasteiger partial charge in [0, 0.05) is 18.0 Å². The van der Waals surface area contributed by atoms with E-state index >= 15 is 0 Å². The number of guanidine groups is 1. The summed E-state index contributed by atoms with van der Waals surface area (Å²) in [6.45, 7) is 0.611. The fourth-order valence-electron chi connectivity index (χ4n) is 1.61. The number of H-pyrrole nitrogens is 1. The van der Waals surface area contributed by atoms with Crippen LogP contribution in [0.1, 0.15) is 12.2 Å². The summed E-state index contributed by atoms with van der Waals surface area (Å²) in [6.07, 6.45) is 1.66. The van der Waals surface area contributed by atoms with Gasteiger partial charge in [-0.1, -0.05) is 11.6 Å². The number of hydrogen-bond acceptors (Lipinski definition) is 2. The smallest absolute Gasteiger partial charge is 0.185 e. The largest absolute Gasteiger partial charge is 0.370 e. The van der Waals surface area contributed by atoms with Gasteiger partial charge in [-0.3, -0.25) is 4.99 Å². The Labute approximate surface area is 128 Å². The number of nitrogens with two attached hydrogens (primary N) is 2. The van der Waals surface area contributed by atoms with Gasteiger partial charge in [0.1, 0.15) is 5.82 Å². The number of fused-ring (bicyclic) bond motifs is 1. The molecular weight excluding hydrogens is 309 g/mol. The van der Waals surface area contributed by atoms with Crippen LogP contribution in [-0.4, -0.2) is 22.5 Å². The highest BCUT2D eigenvalue weighted by Crippen LogP contribution is 2.17. The van der Waals surface area contributed by atoms with E-state index in [1.807, 2.05) is 18.2 Å². The van der Waals surface area contributed by atoms with Gasteiger partial charge < -0.3 is 16.5 Å². The number of aryl methyl sites for hydroxylation is 1. The molecule has 2 rings (SSSR count). The molecule has 19 heavy (non-hydrogen) atoms. The van der Waals surface area contributed by atoms with Crippen molar-refractivity contribution in [1.82, 2.24) is 9.97 Å². The van der Waals surface area contributed by atoms with Crippen LogP contribution in [0.3, 0.4) is 0 Å². The van der Waals surface area contributed by atoms with E-state index < -0.39 is 0 Å². The van der Waals surface area contributed by atoms with Crippen LogP contribution in [0.15, 0.2) is 23.2 Å². The van der Waals surface area contributed by atoms with Gasteiger partial charge in [0.15, 0.2) is 5.96 Å². The van der Waals surface area contributed by atoms with Crippen LogP contribution in [0.4, 0.5) is 0 Å². The van der Waals surface area contributed by atoms with Gasteiger partial charge >= 0.3 is 0 Å². The lowest BCUT2D eigenvalue weighted by Gasteiger charge is -1.94. The van der Waals surface area contributed by atoms with Gasteiger partial charge in [-0.25, -0.2) is 4.98 Å². The summed E-state index contributed by atoms with van der Waals surface area (Å²) in [5.41, 5.74) is 12.4. The van der Waals surface area contributed by atoms with E-state index in [1.165, 1.54) is 0 Å². The van der Waals surface area contributed by atoms with Crippen LogP contribution < -0.4 is 11.5 Å². The third-order valence-corrected chi connectivity index (χ3v) is 2.59. The molecular formula is C11H16Cl3N5. The van der Waals surface area contributed by atoms with Gasteiger partial charge in [-0.05, 0) is 24.6 Å². The van der Waals surface area contributed by atoms with Crippen molar-refractivity contribution < 1.29 is 0 Å². The van der Waals surface area contributed by atoms with E-state index in [0.717, 1.165) is 29.7 Å². The molecule has 5 N–H and O–H groups in total. The zero-order chi connectivity index (χ0) is 12.3. The number of rotatable bonds is 4. The summed E-state index contributed by atoms with van der Waals surface area (Å²) < 4.78 is 0. The molecule has 1 aromatic carbocycles. The second kappa shape index (κ2) is 8.09. The zero-order valence-electron chi connectivity index (χ0n) is 10.1. The van der Waals surface area contributed by atoms with Crippen molar-refractivity contribution in [3.8, 4) is 0 Å². The number of imidazole rings is 1. The Balaban J connectivity index is 0.00000162. The van der Waals surface area contributed by atoms with E-state index in [-0.39, 0.29) is 30.8 Å². The summed E-state index contributed by atoms with van der Waals surface area (Å²) in [4.78, 5) is 11.6. The molecule has 0 saturated carbocycles. The quantitative estimate of drug-likeness (QED) is 0.457. The highest BCUT2D eigenvalue weighted by molar-refractivity contribution is 6.31. The van der Waals surface area contributed by atoms with Crippen LogP contribution in [0.5, 0.6) is 0 Å². The molecule has 5 nitrogen and oxygen atoms in total. The van der Waals surface area contributed by atoms with Crippen molar-refractivity contribution in [2.24, 2.45) is 16.5 Å². The summed E-state index contributed by atoms with van der Waals surface area (Å²) in [7, 11) is 0. The Kier molecular flexibility index (Phi) is 7.59. The molecule has 0 spiro atoms. The number of aromatic amines is 1. The van der Waals surface area contributed by atoms with Crippen LogP contribution in [0, 0.1) is 0 Å². The predicted molar refractivity (Wildman–Crippen MR) is 84.6 cm³/mol. The third kappa shape index (κ3) is 5.14. The molecule has 106 valence electrons. The van der Waals surface area contributed by atoms with Crippen molar-refractivity contribution >= 4 is 53.4 Å². The molecule has 2 aromatic rings. The summed E-state index contributed by atoms with van der Waals surface area (Å²) in [5, 5.41) is 0.702. The Morgan fingerprint density at radius 2 is 2.05 bits per heavy atom. The average molecular weight is 325 g/mol. The van der Waals surface area contributed by atoms with Crippen LogP contribution in [0.25, 0.3) is 11.0 Å². The lowest BCUT2D eigenvalue weighted by Crippen LogP contribution is -2.23. The Morgan fingerprint density at radius 1 is 1.32 bits per heavy atom. The first-order valence-electron chi connectivity index (χ1n) is 5.34. The molecule has 0 amide bonds. The number of halogens is 3. The highest BCUT2D eigenvalue weighted by atomic mass is 35.5. The maximum Gasteiger partial charge on any atom is 0.185 e. The number of benzene rings is 1. The normalized spacial score (nSPS) is 9.53. The number of nitrogens with zero attached hydrogens (tertiary/aromatic N) is 2. The molecule has 0 saturated heterocycles. The molecule has 1 aromatic heterocycles. The SMILES string of the molecule is Cl.Cl.NC(N)=NCCCc1nc2ccc(Cl)cc2[nH]1. The second-order valence-electron chi connectivity index (χ2n) is 3.76. The van der Waals surface area contributed by atoms with Crippen molar-refractivity contribution in [3.63, 3.8) is 0 Å². The molecule has 0 aliphatic rings. The first kappa shape index (κ1) is 17.8. The maximum absolute atomic E-state index is 5.90. The minimum absolute atomic E-state index is 0. The molecule has 0 unspecified atom stereocenters. The predicted octanol–water partition coefficient (Wildman–Crippen LogP) is 2.27. The number of aromatic nitrogens is 2. The molecule has 0 radical (unpaired) electrons. The van der Waals surface area contributed by atoms with Gasteiger partial charge in [-0.15, -0.1) is 24.8 Å². The first-order chi connectivity index (χ1) is 8.15. The van der Waals surface area contributed by atoms with Gasteiger partial charge in [0.2, 0.25) is 0 Å². The van der Waals surface area contributed by atoms with Gasteiger partial charge in [-0.2, -0.15) is 0 Å². The molecule has 0 bridgehead atoms. The fourth-order valence-corrected chi connectivity index (χ4v) is 1.78. The fraction of sp³-hybridized carbons (Fsp3) is 0.273. The number of hydrogen-bond donors (Lipinski definition) is 3. The highest BCUT2D eigenvalue weighted by Gasteiger charge is 2.02. The number of nitrogens with one attached hydrogen (secondary N) is 1. The van der Waals surface area contributed by atoms with E-state index in [2.05, 4.69) is 15.0 Å². The van der Waals surface area contributed by atoms with Crippen LogP contribution >= 0.6 is 36.4 Å². The molecule has 0 fully saturated rings. The molecule has 0 aliphatic carbocycles. The minimum Gasteiger partial charge on any atom is -0.370 e. The lowest BCUT2D eigenvalue weighted by atomic mass is 10.3. The Hall–Kier alpha value is -1.17. The van der Waals surface area contributed by atoms with Crippen LogP contribution in [-0.2, 0) is 6.42 Å². The molecule has 1 heterocycles. The van der Waals surface area contributed by atoms with Gasteiger partial charge in [0.05, 0.1) is 11.0 Å². The van der Waals surface area contributed by atoms with E-state index in [4.69, 9.17) is 23.1 Å². The number of aliphatic imine (C=N–C) groups is 1. The van der Waals surface area contributed by atoms with E-state index in [1.54, 1.807) is 0 Å². The topological polar surface area (TPSA) is 93.1 Å². The lowest BCUT2D eigenvalue weighted by molar-refractivity contribution is 0.796. The standard InChI is InChI=1S/C11H14ClN5.2ClH/c12-7-3-4-8-9(6-7)17-10(16-8)2-1-5-15-11(13)14;;/h3-4,6H,1-2,5H2,(H,16,17)(H4,13,14,15);2*1H. The van der Waals surface area contributed by atoms with Crippen molar-refractivity contribution in [2.75, 3.05) is 6.54 Å². The summed E-state index contributed by atoms with van der Waals surface area (Å²) in [6, 6.07) is 5.59. The Morgan fingerprint density at radius 3 is 2.74 bits per heavy atom. The van der Waals surface area contributed by atoms with E-state index in [0.29, 0.717) is 11.6 Å². The summed E-state index contributed by atoms with van der Waals surface area (Å²) >= 11 is 5.90. The van der Waals surface area contributed by atoms with Gasteiger partial charge in [0.25, 0.3) is 0 Å². The molecule has 0 aliphatic heterocycles. The van der Waals surface area contributed by atoms with E-state index in [9.17, 15) is 0 Å². The monoisotopic (exact) mass is 323 g/mol. The zero-order valence-corrected chi connectivity index (χ0v) is 12.5. The second-order valence-corrected chi connectivity index (χ2v) is 4.19. The van der Waals surface area contributed by atoms with Crippen LogP contribution in [0.2, 0.25) is 5.02 Å². The Bertz CT molecular complexity index is 548. The van der Waals surface area contributed by atoms with Crippen molar-refractivity contribution in [2.45, 2.75) is 12.8 Å². The van der Waals surface area contributed by atoms with Crippen molar-refractivity contribution in [3.05, 3.63) is 29.0 Å². The average Bonchev–Trinajstić information content (AvgIpc) is 2.66. The third-order valence-electron chi connectivity index (χ3n) is 2.36. The molecule has 0 atom stereocenters. The maximum atomic E-state index is 5.90. The first-order valence-corrected chi connectivity index (χ1v) is 5.72. The van der Waals surface area contributed by atoms with Crippen molar-refractivity contribution in [1.29, 1.82) is 0 Å².